The number of aromatic nitrogens is 2. The fourth-order valence-corrected chi connectivity index (χ4v) is 7.05. The molecular formula is C40H37N3. The first kappa shape index (κ1) is 27.0. The van der Waals surface area contributed by atoms with Crippen molar-refractivity contribution in [3.8, 4) is 16.9 Å². The second-order valence-corrected chi connectivity index (χ2v) is 11.0. The number of hydrogen-bond donors (Lipinski definition) is 0. The lowest BCUT2D eigenvalue weighted by Crippen LogP contribution is -2.34. The first-order valence-corrected chi connectivity index (χ1v) is 15.6. The molecule has 3 nitrogen and oxygen atoms in total. The van der Waals surface area contributed by atoms with Crippen LogP contribution in [0.25, 0.3) is 50.0 Å². The molecular weight excluding hydrogens is 522 g/mol. The van der Waals surface area contributed by atoms with Crippen molar-refractivity contribution in [1.29, 1.82) is 0 Å². The van der Waals surface area contributed by atoms with Crippen molar-refractivity contribution in [2.75, 3.05) is 4.90 Å². The largest absolute Gasteiger partial charge is 0.333 e. The summed E-state index contributed by atoms with van der Waals surface area (Å²) in [6.07, 6.45) is 21.0. The summed E-state index contributed by atoms with van der Waals surface area (Å²) < 4.78 is 2.35. The highest BCUT2D eigenvalue weighted by atomic mass is 15.2. The van der Waals surface area contributed by atoms with Gasteiger partial charge in [0.25, 0.3) is 0 Å². The number of para-hydroxylation sites is 2. The van der Waals surface area contributed by atoms with Crippen molar-refractivity contribution in [2.24, 2.45) is 5.92 Å². The Labute approximate surface area is 254 Å². The van der Waals surface area contributed by atoms with Crippen molar-refractivity contribution in [3.63, 3.8) is 0 Å². The minimum Gasteiger partial charge on any atom is -0.333 e. The van der Waals surface area contributed by atoms with Crippen LogP contribution in [0.15, 0.2) is 128 Å². The molecule has 0 radical (unpaired) electrons. The van der Waals surface area contributed by atoms with Gasteiger partial charge in [-0.15, -0.1) is 0 Å². The summed E-state index contributed by atoms with van der Waals surface area (Å²) in [5, 5.41) is 2.55. The predicted molar refractivity (Wildman–Crippen MR) is 184 cm³/mol. The van der Waals surface area contributed by atoms with Crippen LogP contribution in [0.3, 0.4) is 0 Å². The van der Waals surface area contributed by atoms with Crippen LogP contribution in [0.2, 0.25) is 0 Å². The fourth-order valence-electron chi connectivity index (χ4n) is 7.05. The van der Waals surface area contributed by atoms with E-state index in [9.17, 15) is 0 Å². The third-order valence-electron chi connectivity index (χ3n) is 8.68. The van der Waals surface area contributed by atoms with Crippen molar-refractivity contribution < 1.29 is 0 Å². The molecule has 0 spiro atoms. The lowest BCUT2D eigenvalue weighted by atomic mass is 9.88. The monoisotopic (exact) mass is 559 g/mol. The lowest BCUT2D eigenvalue weighted by Gasteiger charge is -2.37. The third-order valence-corrected chi connectivity index (χ3v) is 8.68. The van der Waals surface area contributed by atoms with Crippen LogP contribution >= 0.6 is 0 Å². The summed E-state index contributed by atoms with van der Waals surface area (Å²) in [5.74, 6) is 1.29. The number of nitrogens with zero attached hydrogens (tertiary/aromatic N) is 3. The molecule has 212 valence electrons. The number of hydrogen-bond acceptors (Lipinski definition) is 2. The summed E-state index contributed by atoms with van der Waals surface area (Å²) in [6, 6.07) is 26.9. The fraction of sp³-hybridized carbons (Fsp3) is 0.175. The van der Waals surface area contributed by atoms with E-state index in [0.717, 1.165) is 12.2 Å². The van der Waals surface area contributed by atoms with E-state index in [4.69, 9.17) is 4.98 Å². The number of anilines is 1. The Morgan fingerprint density at radius 3 is 2.56 bits per heavy atom. The van der Waals surface area contributed by atoms with Crippen molar-refractivity contribution in [3.05, 3.63) is 139 Å². The molecule has 0 saturated heterocycles. The van der Waals surface area contributed by atoms with E-state index in [1.165, 1.54) is 61.0 Å². The summed E-state index contributed by atoms with van der Waals surface area (Å²) in [7, 11) is 0. The molecule has 3 aliphatic rings. The Kier molecular flexibility index (Phi) is 6.95. The molecule has 3 aromatic carbocycles. The normalized spacial score (nSPS) is 18.3. The topological polar surface area (TPSA) is 21.1 Å². The molecule has 0 bridgehead atoms. The highest BCUT2D eigenvalue weighted by Gasteiger charge is 2.40. The van der Waals surface area contributed by atoms with Gasteiger partial charge in [0, 0.05) is 45.4 Å². The molecule has 4 heterocycles. The first-order chi connectivity index (χ1) is 21.3. The Bertz CT molecular complexity index is 2010. The molecule has 2 aliphatic heterocycles. The van der Waals surface area contributed by atoms with E-state index in [1.54, 1.807) is 0 Å². The quantitative estimate of drug-likeness (QED) is 0.204. The van der Waals surface area contributed by atoms with Gasteiger partial charge in [0.1, 0.15) is 5.82 Å². The molecule has 2 aromatic heterocycles. The smallest absolute Gasteiger partial charge is 0.138 e. The van der Waals surface area contributed by atoms with Gasteiger partial charge in [0.05, 0.1) is 17.1 Å². The minimum atomic E-state index is 0.293. The summed E-state index contributed by atoms with van der Waals surface area (Å²) in [6.45, 7) is 8.26. The predicted octanol–water partition coefficient (Wildman–Crippen LogP) is 10.5. The van der Waals surface area contributed by atoms with Crippen LogP contribution in [0.1, 0.15) is 45.2 Å². The Morgan fingerprint density at radius 1 is 0.884 bits per heavy atom. The second-order valence-electron chi connectivity index (χ2n) is 11.0. The first-order valence-electron chi connectivity index (χ1n) is 15.6. The van der Waals surface area contributed by atoms with Crippen LogP contribution in [-0.4, -0.2) is 15.6 Å². The molecule has 2 atom stereocenters. The maximum atomic E-state index is 4.93. The molecule has 0 fully saturated rings. The van der Waals surface area contributed by atoms with E-state index < -0.39 is 0 Å². The Hall–Kier alpha value is -4.89. The average Bonchev–Trinajstić information content (AvgIpc) is 3.62. The van der Waals surface area contributed by atoms with Crippen LogP contribution < -0.4 is 4.90 Å². The number of benzene rings is 3. The molecule has 0 saturated carbocycles. The van der Waals surface area contributed by atoms with E-state index in [0.29, 0.717) is 12.0 Å². The van der Waals surface area contributed by atoms with E-state index in [-0.39, 0.29) is 0 Å². The lowest BCUT2D eigenvalue weighted by molar-refractivity contribution is 0.704. The van der Waals surface area contributed by atoms with Crippen LogP contribution in [0.5, 0.6) is 0 Å². The van der Waals surface area contributed by atoms with Gasteiger partial charge in [-0.3, -0.25) is 4.57 Å². The maximum absolute atomic E-state index is 4.93. The second kappa shape index (κ2) is 11.1. The number of allylic oxidation sites excluding steroid dienone is 6. The summed E-state index contributed by atoms with van der Waals surface area (Å²) in [5.41, 5.74) is 11.3. The zero-order valence-corrected chi connectivity index (χ0v) is 25.3. The van der Waals surface area contributed by atoms with E-state index in [1.807, 2.05) is 20.0 Å². The van der Waals surface area contributed by atoms with Gasteiger partial charge in [-0.05, 0) is 60.4 Å². The van der Waals surface area contributed by atoms with Gasteiger partial charge in [-0.1, -0.05) is 112 Å². The maximum Gasteiger partial charge on any atom is 0.138 e. The van der Waals surface area contributed by atoms with Crippen molar-refractivity contribution in [2.45, 2.75) is 40.2 Å². The van der Waals surface area contributed by atoms with Crippen molar-refractivity contribution >= 4 is 38.8 Å². The summed E-state index contributed by atoms with van der Waals surface area (Å²) in [4.78, 5) is 7.49. The SMILES string of the molecule is C/C=C\C(=C/CC)c1ccnc(-n2c3ccccc3c3c4c(ccc32)-c2ccccc2N2C4=CC3C=CC=CC32)c1.CC. The van der Waals surface area contributed by atoms with Crippen LogP contribution in [-0.2, 0) is 0 Å². The molecule has 2 unspecified atom stereocenters. The van der Waals surface area contributed by atoms with E-state index >= 15 is 0 Å². The van der Waals surface area contributed by atoms with Gasteiger partial charge in [-0.2, -0.15) is 0 Å². The average molecular weight is 560 g/mol. The van der Waals surface area contributed by atoms with Crippen LogP contribution in [0.4, 0.5) is 5.69 Å². The van der Waals surface area contributed by atoms with Crippen LogP contribution in [0, 0.1) is 5.92 Å². The Balaban J connectivity index is 0.00000147. The molecule has 43 heavy (non-hydrogen) atoms. The van der Waals surface area contributed by atoms with E-state index in [2.05, 4.69) is 145 Å². The minimum absolute atomic E-state index is 0.293. The summed E-state index contributed by atoms with van der Waals surface area (Å²) >= 11 is 0. The number of rotatable bonds is 4. The van der Waals surface area contributed by atoms with Gasteiger partial charge >= 0.3 is 0 Å². The van der Waals surface area contributed by atoms with Gasteiger partial charge in [0.15, 0.2) is 0 Å². The molecule has 0 amide bonds. The Morgan fingerprint density at radius 2 is 1.70 bits per heavy atom. The van der Waals surface area contributed by atoms with Gasteiger partial charge in [-0.25, -0.2) is 4.98 Å². The highest BCUT2D eigenvalue weighted by Crippen LogP contribution is 2.53. The third kappa shape index (κ3) is 4.14. The van der Waals surface area contributed by atoms with Gasteiger partial charge in [0.2, 0.25) is 0 Å². The number of pyridine rings is 1. The standard InChI is InChI=1S/C38H31N3.C2H6/c1-3-11-25(12-4-2)26-21-22-39-36(24-26)41-33-18-10-7-15-30(33)38-34(41)20-19-29-28-14-6-9-17-32(28)40-31-16-8-5-13-27(31)23-35(40)37(29)38;1-2/h3,5-24,27,31H,4H2,1-2H3;1-2H3/b11-3-,25-12+;. The number of fused-ring (bicyclic) bond motifs is 12. The zero-order valence-electron chi connectivity index (χ0n) is 25.3. The molecule has 5 aromatic rings. The zero-order chi connectivity index (χ0) is 29.5. The molecule has 1 aliphatic carbocycles. The van der Waals surface area contributed by atoms with Crippen molar-refractivity contribution in [1.82, 2.24) is 9.55 Å². The molecule has 0 N–H and O–H groups in total. The highest BCUT2D eigenvalue weighted by molar-refractivity contribution is 6.19. The molecule has 3 heteroatoms. The molecule has 8 rings (SSSR count). The van der Waals surface area contributed by atoms with Gasteiger partial charge < -0.3 is 4.90 Å².